The first kappa shape index (κ1) is 25.9. The standard InChI is InChI=1S/C8H7BrO3S.C4H3BrS.C4H5ClO3/c1-2-12-8(11)7(10)5-3-4-6(9)13-5;5-4-2-1-3-6-4;1-2-8-4(7)3(5)6/h3-4H,2H2,1H3;1-3H;2H2,1H3. The van der Waals surface area contributed by atoms with Gasteiger partial charge in [0, 0.05) is 0 Å². The van der Waals surface area contributed by atoms with Crippen LogP contribution in [0.15, 0.2) is 37.2 Å². The zero-order valence-electron chi connectivity index (χ0n) is 14.2. The maximum atomic E-state index is 11.3. The van der Waals surface area contributed by atoms with E-state index in [9.17, 15) is 19.2 Å². The Balaban J connectivity index is 0.000000412. The molecule has 0 aromatic carbocycles. The molecule has 0 spiro atoms. The molecule has 0 aliphatic carbocycles. The van der Waals surface area contributed by atoms with Gasteiger partial charge in [0.05, 0.1) is 25.7 Å². The topological polar surface area (TPSA) is 86.7 Å². The van der Waals surface area contributed by atoms with Crippen molar-refractivity contribution in [3.63, 3.8) is 0 Å². The summed E-state index contributed by atoms with van der Waals surface area (Å²) in [4.78, 5) is 42.5. The summed E-state index contributed by atoms with van der Waals surface area (Å²) in [5.74, 6) is -2.37. The minimum Gasteiger partial charge on any atom is -0.460 e. The van der Waals surface area contributed by atoms with E-state index < -0.39 is 23.0 Å². The van der Waals surface area contributed by atoms with Crippen LogP contribution in [-0.4, -0.2) is 36.2 Å². The summed E-state index contributed by atoms with van der Waals surface area (Å²) in [7, 11) is 0. The molecule has 0 N–H and O–H groups in total. The fraction of sp³-hybridized carbons (Fsp3) is 0.250. The van der Waals surface area contributed by atoms with Gasteiger partial charge in [0.25, 0.3) is 5.78 Å². The lowest BCUT2D eigenvalue weighted by Crippen LogP contribution is -2.16. The number of rotatable bonds is 5. The van der Waals surface area contributed by atoms with Crippen molar-refractivity contribution in [3.05, 3.63) is 42.1 Å². The lowest BCUT2D eigenvalue weighted by molar-refractivity contribution is -0.149. The second-order valence-corrected chi connectivity index (χ2v) is 9.20. The van der Waals surface area contributed by atoms with Crippen molar-refractivity contribution < 1.29 is 28.7 Å². The first-order valence-electron chi connectivity index (χ1n) is 7.25. The zero-order valence-corrected chi connectivity index (χ0v) is 19.8. The Morgan fingerprint density at radius 1 is 0.963 bits per heavy atom. The summed E-state index contributed by atoms with van der Waals surface area (Å²) >= 11 is 14.1. The molecule has 0 saturated carbocycles. The number of ketones is 1. The molecule has 2 aromatic heterocycles. The van der Waals surface area contributed by atoms with E-state index in [-0.39, 0.29) is 13.2 Å². The fourth-order valence-corrected chi connectivity index (χ4v) is 3.47. The van der Waals surface area contributed by atoms with Gasteiger partial charge in [0.2, 0.25) is 0 Å². The smallest absolute Gasteiger partial charge is 0.391 e. The third kappa shape index (κ3) is 12.1. The van der Waals surface area contributed by atoms with E-state index in [2.05, 4.69) is 41.3 Å². The molecular formula is C16H15Br2ClO6S2. The molecule has 0 saturated heterocycles. The van der Waals surface area contributed by atoms with Crippen molar-refractivity contribution in [2.24, 2.45) is 0 Å². The molecule has 27 heavy (non-hydrogen) atoms. The second-order valence-electron chi connectivity index (χ2n) is 4.06. The summed E-state index contributed by atoms with van der Waals surface area (Å²) in [6.07, 6.45) is 0. The Morgan fingerprint density at radius 2 is 1.56 bits per heavy atom. The summed E-state index contributed by atoms with van der Waals surface area (Å²) in [5, 5.41) is 0.955. The molecule has 0 unspecified atom stereocenters. The van der Waals surface area contributed by atoms with Gasteiger partial charge < -0.3 is 9.47 Å². The highest BCUT2D eigenvalue weighted by Gasteiger charge is 2.18. The van der Waals surface area contributed by atoms with Gasteiger partial charge in [-0.15, -0.1) is 22.7 Å². The summed E-state index contributed by atoms with van der Waals surface area (Å²) in [6, 6.07) is 7.34. The Labute approximate surface area is 186 Å². The van der Waals surface area contributed by atoms with Crippen LogP contribution in [0.4, 0.5) is 0 Å². The Morgan fingerprint density at radius 3 is 1.85 bits per heavy atom. The average Bonchev–Trinajstić information content (AvgIpc) is 3.27. The first-order valence-corrected chi connectivity index (χ1v) is 10.9. The van der Waals surface area contributed by atoms with Crippen LogP contribution in [-0.2, 0) is 23.9 Å². The Hall–Kier alpha value is -1.07. The number of carbonyl (C=O) groups excluding carboxylic acids is 4. The highest BCUT2D eigenvalue weighted by Crippen LogP contribution is 2.22. The molecule has 6 nitrogen and oxygen atoms in total. The van der Waals surface area contributed by atoms with E-state index in [1.807, 2.05) is 17.5 Å². The minimum absolute atomic E-state index is 0.178. The molecule has 0 radical (unpaired) electrons. The summed E-state index contributed by atoms with van der Waals surface area (Å²) in [6.45, 7) is 3.65. The van der Waals surface area contributed by atoms with Crippen LogP contribution >= 0.6 is 66.1 Å². The van der Waals surface area contributed by atoms with Crippen molar-refractivity contribution in [2.45, 2.75) is 13.8 Å². The predicted molar refractivity (Wildman–Crippen MR) is 112 cm³/mol. The number of hydrogen-bond donors (Lipinski definition) is 0. The second kappa shape index (κ2) is 14.9. The quantitative estimate of drug-likeness (QED) is 0.219. The lowest BCUT2D eigenvalue weighted by Gasteiger charge is -1.96. The van der Waals surface area contributed by atoms with Gasteiger partial charge in [-0.05, 0) is 80.9 Å². The van der Waals surface area contributed by atoms with Gasteiger partial charge in [0.15, 0.2) is 0 Å². The number of halogens is 3. The molecule has 0 fully saturated rings. The number of carbonyl (C=O) groups is 4. The van der Waals surface area contributed by atoms with E-state index in [4.69, 9.17) is 11.6 Å². The molecule has 0 aliphatic rings. The lowest BCUT2D eigenvalue weighted by atomic mass is 10.3. The van der Waals surface area contributed by atoms with Crippen LogP contribution in [0, 0.1) is 0 Å². The number of ether oxygens (including phenoxy) is 2. The number of esters is 2. The molecule has 0 bridgehead atoms. The van der Waals surface area contributed by atoms with Crippen molar-refractivity contribution in [2.75, 3.05) is 13.2 Å². The molecule has 0 aliphatic heterocycles. The number of thiophene rings is 2. The van der Waals surface area contributed by atoms with Gasteiger partial charge in [-0.25, -0.2) is 9.59 Å². The molecule has 0 amide bonds. The molecular weight excluding hydrogens is 548 g/mol. The van der Waals surface area contributed by atoms with Crippen molar-refractivity contribution in [3.8, 4) is 0 Å². The van der Waals surface area contributed by atoms with E-state index in [1.165, 1.54) is 15.1 Å². The van der Waals surface area contributed by atoms with Crippen LogP contribution in [0.25, 0.3) is 0 Å². The summed E-state index contributed by atoms with van der Waals surface area (Å²) < 4.78 is 10.8. The van der Waals surface area contributed by atoms with Gasteiger partial charge >= 0.3 is 17.2 Å². The van der Waals surface area contributed by atoms with Crippen LogP contribution < -0.4 is 0 Å². The normalized spacial score (nSPS) is 9.07. The largest absolute Gasteiger partial charge is 0.460 e. The predicted octanol–water partition coefficient (Wildman–Crippen LogP) is 5.08. The maximum Gasteiger partial charge on any atom is 0.391 e. The Kier molecular flexibility index (Phi) is 14.3. The SMILES string of the molecule is Brc1cccs1.CCOC(=O)C(=O)Cl.CCOC(=O)C(=O)c1ccc(Br)s1. The first-order chi connectivity index (χ1) is 12.7. The van der Waals surface area contributed by atoms with Gasteiger partial charge in [-0.2, -0.15) is 0 Å². The van der Waals surface area contributed by atoms with Crippen LogP contribution in [0.1, 0.15) is 23.5 Å². The zero-order chi connectivity index (χ0) is 20.8. The van der Waals surface area contributed by atoms with E-state index >= 15 is 0 Å². The molecule has 0 atom stereocenters. The molecule has 2 heterocycles. The average molecular weight is 563 g/mol. The highest BCUT2D eigenvalue weighted by molar-refractivity contribution is 9.11. The van der Waals surface area contributed by atoms with E-state index in [0.29, 0.717) is 4.88 Å². The van der Waals surface area contributed by atoms with Gasteiger partial charge in [0.1, 0.15) is 0 Å². The van der Waals surface area contributed by atoms with Gasteiger partial charge in [-0.1, -0.05) is 6.07 Å². The number of hydrogen-bond acceptors (Lipinski definition) is 8. The third-order valence-corrected chi connectivity index (χ3v) is 5.44. The van der Waals surface area contributed by atoms with Crippen molar-refractivity contribution in [1.29, 1.82) is 0 Å². The molecule has 2 aromatic rings. The number of Topliss-reactive ketones (excluding diaryl/α,β-unsaturated/α-hetero) is 1. The minimum atomic E-state index is -1.08. The van der Waals surface area contributed by atoms with Gasteiger partial charge in [-0.3, -0.25) is 9.59 Å². The van der Waals surface area contributed by atoms with Crippen LogP contribution in [0.2, 0.25) is 0 Å². The molecule has 11 heteroatoms. The molecule has 148 valence electrons. The van der Waals surface area contributed by atoms with Crippen LogP contribution in [0.5, 0.6) is 0 Å². The third-order valence-electron chi connectivity index (χ3n) is 2.18. The Bertz CT molecular complexity index is 746. The van der Waals surface area contributed by atoms with E-state index in [1.54, 1.807) is 37.3 Å². The van der Waals surface area contributed by atoms with Crippen molar-refractivity contribution in [1.82, 2.24) is 0 Å². The highest BCUT2D eigenvalue weighted by atomic mass is 79.9. The fourth-order valence-electron chi connectivity index (χ4n) is 1.18. The maximum absolute atomic E-state index is 11.3. The molecule has 2 rings (SSSR count). The monoisotopic (exact) mass is 560 g/mol. The van der Waals surface area contributed by atoms with E-state index in [0.717, 1.165) is 3.79 Å². The summed E-state index contributed by atoms with van der Waals surface area (Å²) in [5.41, 5.74) is 0. The van der Waals surface area contributed by atoms with Crippen LogP contribution in [0.3, 0.4) is 0 Å². The van der Waals surface area contributed by atoms with Crippen molar-refractivity contribution >= 4 is 89.1 Å².